The van der Waals surface area contributed by atoms with Gasteiger partial charge >= 0.3 is 0 Å². The van der Waals surface area contributed by atoms with Crippen LogP contribution in [0.1, 0.15) is 28.8 Å². The first-order valence-electron chi connectivity index (χ1n) is 8.98. The number of halogens is 1. The zero-order valence-electron chi connectivity index (χ0n) is 15.5. The van der Waals surface area contributed by atoms with Crippen molar-refractivity contribution < 1.29 is 18.7 Å². The Balaban J connectivity index is 1.68. The fraction of sp³-hybridized carbons (Fsp3) is 0.333. The summed E-state index contributed by atoms with van der Waals surface area (Å²) in [6.07, 6.45) is 1.46. The van der Waals surface area contributed by atoms with Crippen molar-refractivity contribution in [2.24, 2.45) is 5.92 Å². The summed E-state index contributed by atoms with van der Waals surface area (Å²) >= 11 is 0. The maximum absolute atomic E-state index is 13.1. The van der Waals surface area contributed by atoms with Gasteiger partial charge < -0.3 is 15.0 Å². The van der Waals surface area contributed by atoms with Crippen LogP contribution in [0.5, 0.6) is 5.75 Å². The molecular formula is C21H23FN2O3. The van der Waals surface area contributed by atoms with Crippen LogP contribution in [0.4, 0.5) is 10.1 Å². The minimum atomic E-state index is -0.380. The van der Waals surface area contributed by atoms with E-state index in [2.05, 4.69) is 5.32 Å². The van der Waals surface area contributed by atoms with Crippen LogP contribution in [0.2, 0.25) is 0 Å². The quantitative estimate of drug-likeness (QED) is 0.894. The summed E-state index contributed by atoms with van der Waals surface area (Å²) in [4.78, 5) is 27.0. The van der Waals surface area contributed by atoms with Gasteiger partial charge in [-0.05, 0) is 61.7 Å². The summed E-state index contributed by atoms with van der Waals surface area (Å²) in [5, 5.41) is 2.93. The highest BCUT2D eigenvalue weighted by atomic mass is 19.1. The molecule has 0 aromatic heterocycles. The van der Waals surface area contributed by atoms with Crippen molar-refractivity contribution in [1.29, 1.82) is 0 Å². The molecule has 0 radical (unpaired) electrons. The lowest BCUT2D eigenvalue weighted by Gasteiger charge is -2.32. The fourth-order valence-corrected chi connectivity index (χ4v) is 3.30. The SMILES string of the molecule is COc1ccc(C)cc1NC(=O)[C@H]1CCCN(C(=O)c2ccc(F)cc2)C1. The lowest BCUT2D eigenvalue weighted by atomic mass is 9.96. The lowest BCUT2D eigenvalue weighted by Crippen LogP contribution is -2.43. The molecule has 0 bridgehead atoms. The molecular weight excluding hydrogens is 347 g/mol. The summed E-state index contributed by atoms with van der Waals surface area (Å²) in [6.45, 7) is 2.88. The molecule has 6 heteroatoms. The molecule has 1 aliphatic rings. The van der Waals surface area contributed by atoms with Crippen molar-refractivity contribution in [3.05, 3.63) is 59.4 Å². The number of nitrogens with one attached hydrogen (secondary N) is 1. The van der Waals surface area contributed by atoms with Crippen LogP contribution in [-0.2, 0) is 4.79 Å². The van der Waals surface area contributed by atoms with Crippen LogP contribution in [0.15, 0.2) is 42.5 Å². The third-order valence-corrected chi connectivity index (χ3v) is 4.78. The Hall–Kier alpha value is -2.89. The Labute approximate surface area is 158 Å². The van der Waals surface area contributed by atoms with Gasteiger partial charge in [0.05, 0.1) is 18.7 Å². The second kappa shape index (κ2) is 8.20. The zero-order chi connectivity index (χ0) is 19.4. The first kappa shape index (κ1) is 18.9. The normalized spacial score (nSPS) is 16.7. The van der Waals surface area contributed by atoms with E-state index in [9.17, 15) is 14.0 Å². The molecule has 2 aromatic carbocycles. The van der Waals surface area contributed by atoms with Gasteiger partial charge in [0.2, 0.25) is 5.91 Å². The summed E-state index contributed by atoms with van der Waals surface area (Å²) in [5.74, 6) is -0.386. The second-order valence-corrected chi connectivity index (χ2v) is 6.79. The molecule has 27 heavy (non-hydrogen) atoms. The molecule has 0 aliphatic carbocycles. The van der Waals surface area contributed by atoms with E-state index >= 15 is 0 Å². The van der Waals surface area contributed by atoms with Crippen LogP contribution in [0.25, 0.3) is 0 Å². The van der Waals surface area contributed by atoms with Crippen LogP contribution in [-0.4, -0.2) is 36.9 Å². The third-order valence-electron chi connectivity index (χ3n) is 4.78. The number of hydrogen-bond donors (Lipinski definition) is 1. The molecule has 142 valence electrons. The molecule has 1 N–H and O–H groups in total. The number of likely N-dealkylation sites (tertiary alicyclic amines) is 1. The zero-order valence-corrected chi connectivity index (χ0v) is 15.5. The van der Waals surface area contributed by atoms with Gasteiger partial charge in [0.25, 0.3) is 5.91 Å². The molecule has 1 saturated heterocycles. The van der Waals surface area contributed by atoms with Gasteiger partial charge in [-0.1, -0.05) is 6.07 Å². The van der Waals surface area contributed by atoms with E-state index in [0.29, 0.717) is 36.5 Å². The highest BCUT2D eigenvalue weighted by molar-refractivity contribution is 5.97. The van der Waals surface area contributed by atoms with Crippen molar-refractivity contribution in [1.82, 2.24) is 4.90 Å². The van der Waals surface area contributed by atoms with Crippen LogP contribution in [0.3, 0.4) is 0 Å². The monoisotopic (exact) mass is 370 g/mol. The maximum atomic E-state index is 13.1. The van der Waals surface area contributed by atoms with Gasteiger partial charge in [0.15, 0.2) is 0 Å². The highest BCUT2D eigenvalue weighted by Gasteiger charge is 2.29. The average Bonchev–Trinajstić information content (AvgIpc) is 2.68. The first-order chi connectivity index (χ1) is 13.0. The van der Waals surface area contributed by atoms with E-state index in [1.807, 2.05) is 25.1 Å². The van der Waals surface area contributed by atoms with E-state index < -0.39 is 0 Å². The van der Waals surface area contributed by atoms with E-state index in [4.69, 9.17) is 4.74 Å². The van der Waals surface area contributed by atoms with E-state index in [1.54, 1.807) is 12.0 Å². The standard InChI is InChI=1S/C21H23FN2O3/c1-14-5-10-19(27-2)18(12-14)23-20(25)16-4-3-11-24(13-16)21(26)15-6-8-17(22)9-7-15/h5-10,12,16H,3-4,11,13H2,1-2H3,(H,23,25)/t16-/m0/s1. The Kier molecular flexibility index (Phi) is 5.74. The van der Waals surface area contributed by atoms with Crippen molar-refractivity contribution in [3.63, 3.8) is 0 Å². The van der Waals surface area contributed by atoms with Gasteiger partial charge in [-0.15, -0.1) is 0 Å². The van der Waals surface area contributed by atoms with Crippen molar-refractivity contribution in [3.8, 4) is 5.75 Å². The molecule has 3 rings (SSSR count). The molecule has 1 atom stereocenters. The molecule has 1 aliphatic heterocycles. The highest BCUT2D eigenvalue weighted by Crippen LogP contribution is 2.27. The Bertz CT molecular complexity index is 836. The van der Waals surface area contributed by atoms with E-state index in [-0.39, 0.29) is 23.5 Å². The maximum Gasteiger partial charge on any atom is 0.253 e. The number of piperidine rings is 1. The number of methoxy groups -OCH3 is 1. The van der Waals surface area contributed by atoms with Crippen LogP contribution < -0.4 is 10.1 Å². The minimum absolute atomic E-state index is 0.129. The van der Waals surface area contributed by atoms with Crippen LogP contribution in [0, 0.1) is 18.7 Å². The molecule has 1 heterocycles. The minimum Gasteiger partial charge on any atom is -0.495 e. The average molecular weight is 370 g/mol. The Morgan fingerprint density at radius 1 is 1.19 bits per heavy atom. The molecule has 5 nitrogen and oxygen atoms in total. The second-order valence-electron chi connectivity index (χ2n) is 6.79. The van der Waals surface area contributed by atoms with E-state index in [0.717, 1.165) is 12.0 Å². The predicted octanol–water partition coefficient (Wildman–Crippen LogP) is 3.63. The molecule has 1 fully saturated rings. The number of amides is 2. The van der Waals surface area contributed by atoms with Crippen molar-refractivity contribution in [2.45, 2.75) is 19.8 Å². The summed E-state index contributed by atoms with van der Waals surface area (Å²) in [6, 6.07) is 11.1. The largest absolute Gasteiger partial charge is 0.495 e. The fourth-order valence-electron chi connectivity index (χ4n) is 3.30. The van der Waals surface area contributed by atoms with Gasteiger partial charge in [0.1, 0.15) is 11.6 Å². The smallest absolute Gasteiger partial charge is 0.253 e. The van der Waals surface area contributed by atoms with Crippen molar-refractivity contribution >= 4 is 17.5 Å². The van der Waals surface area contributed by atoms with Gasteiger partial charge in [-0.2, -0.15) is 0 Å². The number of nitrogens with zero attached hydrogens (tertiary/aromatic N) is 1. The number of rotatable bonds is 4. The predicted molar refractivity (Wildman–Crippen MR) is 101 cm³/mol. The number of benzene rings is 2. The first-order valence-corrected chi connectivity index (χ1v) is 8.98. The Morgan fingerprint density at radius 2 is 1.93 bits per heavy atom. The molecule has 0 spiro atoms. The summed E-state index contributed by atoms with van der Waals surface area (Å²) < 4.78 is 18.4. The van der Waals surface area contributed by atoms with E-state index in [1.165, 1.54) is 24.3 Å². The number of aryl methyl sites for hydroxylation is 1. The van der Waals surface area contributed by atoms with Crippen LogP contribution >= 0.6 is 0 Å². The number of hydrogen-bond acceptors (Lipinski definition) is 3. The number of ether oxygens (including phenoxy) is 1. The summed E-state index contributed by atoms with van der Waals surface area (Å²) in [5.41, 5.74) is 2.07. The number of anilines is 1. The molecule has 0 unspecified atom stereocenters. The number of carbonyl (C=O) groups excluding carboxylic acids is 2. The van der Waals surface area contributed by atoms with Gasteiger partial charge in [0, 0.05) is 18.7 Å². The molecule has 2 aromatic rings. The lowest BCUT2D eigenvalue weighted by molar-refractivity contribution is -0.121. The molecule has 2 amide bonds. The number of carbonyl (C=O) groups is 2. The van der Waals surface area contributed by atoms with Gasteiger partial charge in [-0.3, -0.25) is 9.59 Å². The van der Waals surface area contributed by atoms with Gasteiger partial charge in [-0.25, -0.2) is 4.39 Å². The third kappa shape index (κ3) is 4.45. The molecule has 0 saturated carbocycles. The van der Waals surface area contributed by atoms with Crippen molar-refractivity contribution in [2.75, 3.05) is 25.5 Å². The summed E-state index contributed by atoms with van der Waals surface area (Å²) in [7, 11) is 1.56. The topological polar surface area (TPSA) is 58.6 Å². The Morgan fingerprint density at radius 3 is 2.63 bits per heavy atom.